The highest BCUT2D eigenvalue weighted by molar-refractivity contribution is 7.89. The highest BCUT2D eigenvalue weighted by atomic mass is 35.5. The molecule has 1 heterocycles. The van der Waals surface area contributed by atoms with E-state index in [0.29, 0.717) is 12.0 Å². The lowest BCUT2D eigenvalue weighted by molar-refractivity contribution is -0.159. The van der Waals surface area contributed by atoms with Crippen LogP contribution in [-0.2, 0) is 35.7 Å². The fourth-order valence-corrected chi connectivity index (χ4v) is 6.05. The van der Waals surface area contributed by atoms with Crippen LogP contribution < -0.4 is 5.48 Å². The number of hydroxylamine groups is 1. The Kier molecular flexibility index (Phi) is 8.73. The van der Waals surface area contributed by atoms with Crippen LogP contribution in [0.25, 0.3) is 0 Å². The molecule has 35 heavy (non-hydrogen) atoms. The molecule has 1 aliphatic rings. The second-order valence-electron chi connectivity index (χ2n) is 7.88. The van der Waals surface area contributed by atoms with Gasteiger partial charge in [0.2, 0.25) is 10.0 Å². The number of carboxylic acid groups (broad SMARTS) is 1. The molecular weight excluding hydrogens is 523 g/mol. The maximum absolute atomic E-state index is 13.1. The third-order valence-electron chi connectivity index (χ3n) is 5.33. The first-order chi connectivity index (χ1) is 16.5. The minimum atomic E-state index is -4.11. The van der Waals surface area contributed by atoms with Crippen LogP contribution in [0.4, 0.5) is 0 Å². The maximum atomic E-state index is 13.1. The molecule has 0 radical (unpaired) electrons. The number of ketones is 1. The third-order valence-corrected chi connectivity index (χ3v) is 7.65. The number of aliphatic carboxylic acids is 1. The zero-order valence-electron chi connectivity index (χ0n) is 18.2. The van der Waals surface area contributed by atoms with Gasteiger partial charge in [-0.25, -0.2) is 13.2 Å². The van der Waals surface area contributed by atoms with Crippen LogP contribution in [-0.4, -0.2) is 59.3 Å². The molecule has 0 saturated carbocycles. The number of nitrogens with zero attached hydrogens (tertiary/aromatic N) is 1. The highest BCUT2D eigenvalue weighted by Crippen LogP contribution is 2.30. The van der Waals surface area contributed by atoms with Gasteiger partial charge in [0.15, 0.2) is 5.78 Å². The van der Waals surface area contributed by atoms with Crippen LogP contribution in [0.5, 0.6) is 5.75 Å². The number of aromatic hydroxyl groups is 1. The van der Waals surface area contributed by atoms with Crippen molar-refractivity contribution in [1.29, 1.82) is 0 Å². The molecule has 0 amide bonds. The number of sulfonamides is 1. The number of carbonyl (C=O) groups is 3. The van der Waals surface area contributed by atoms with Gasteiger partial charge in [-0.1, -0.05) is 35.3 Å². The minimum absolute atomic E-state index is 0.0138. The van der Waals surface area contributed by atoms with Crippen molar-refractivity contribution < 1.29 is 37.9 Å². The number of halogens is 2. The van der Waals surface area contributed by atoms with Crippen LogP contribution >= 0.6 is 23.2 Å². The fourth-order valence-electron chi connectivity index (χ4n) is 3.64. The van der Waals surface area contributed by atoms with Crippen LogP contribution in [0.3, 0.4) is 0 Å². The average molecular weight is 545 g/mol. The Labute approximate surface area is 211 Å². The number of hydrogen-bond donors (Lipinski definition) is 3. The average Bonchev–Trinajstić information content (AvgIpc) is 3.28. The van der Waals surface area contributed by atoms with Crippen molar-refractivity contribution in [2.45, 2.75) is 42.7 Å². The van der Waals surface area contributed by atoms with Gasteiger partial charge in [-0.2, -0.15) is 4.31 Å². The smallest absolute Gasteiger partial charge is 0.332 e. The number of rotatable bonds is 10. The molecule has 1 aliphatic heterocycles. The van der Waals surface area contributed by atoms with E-state index in [4.69, 9.17) is 28.0 Å². The SMILES string of the molecule is O=C(CC(=O)[C@@H]1CCCN1S(=O)(=O)c1cc(Cl)cc(Cl)c1)ON[C@@H](Cc1ccc(O)cc1)C(=O)O. The van der Waals surface area contributed by atoms with E-state index in [0.717, 1.165) is 4.31 Å². The number of phenolic OH excluding ortho intramolecular Hbond substituents is 1. The minimum Gasteiger partial charge on any atom is -0.508 e. The molecule has 10 nitrogen and oxygen atoms in total. The summed E-state index contributed by atoms with van der Waals surface area (Å²) in [5, 5.41) is 18.9. The topological polar surface area (TPSA) is 150 Å². The summed E-state index contributed by atoms with van der Waals surface area (Å²) in [5.74, 6) is -3.02. The molecule has 2 aromatic carbocycles. The van der Waals surface area contributed by atoms with E-state index in [-0.39, 0.29) is 40.1 Å². The summed E-state index contributed by atoms with van der Waals surface area (Å²) in [6.45, 7) is 0.0733. The molecule has 1 fully saturated rings. The van der Waals surface area contributed by atoms with Crippen molar-refractivity contribution in [1.82, 2.24) is 9.79 Å². The normalized spacial score (nSPS) is 17.1. The molecule has 0 bridgehead atoms. The van der Waals surface area contributed by atoms with Gasteiger partial charge in [0.1, 0.15) is 18.2 Å². The highest BCUT2D eigenvalue weighted by Gasteiger charge is 2.40. The molecule has 2 aromatic rings. The van der Waals surface area contributed by atoms with Gasteiger partial charge >= 0.3 is 11.9 Å². The van der Waals surface area contributed by atoms with Gasteiger partial charge in [-0.3, -0.25) is 9.59 Å². The van der Waals surface area contributed by atoms with Gasteiger partial charge in [0, 0.05) is 23.0 Å². The van der Waals surface area contributed by atoms with Gasteiger partial charge in [0.05, 0.1) is 10.9 Å². The van der Waals surface area contributed by atoms with E-state index >= 15 is 0 Å². The van der Waals surface area contributed by atoms with Crippen LogP contribution in [0.1, 0.15) is 24.8 Å². The van der Waals surface area contributed by atoms with Gasteiger partial charge in [0.25, 0.3) is 0 Å². The van der Waals surface area contributed by atoms with E-state index in [1.165, 1.54) is 42.5 Å². The lowest BCUT2D eigenvalue weighted by atomic mass is 10.1. The Morgan fingerprint density at radius 2 is 1.74 bits per heavy atom. The number of Topliss-reactive ketones (excluding diaryl/α,β-unsaturated/α-hetero) is 1. The van der Waals surface area contributed by atoms with E-state index in [2.05, 4.69) is 5.48 Å². The second kappa shape index (κ2) is 11.4. The molecule has 3 N–H and O–H groups in total. The molecular formula is C22H22Cl2N2O8S. The van der Waals surface area contributed by atoms with Gasteiger partial charge < -0.3 is 15.1 Å². The molecule has 0 aromatic heterocycles. The predicted octanol–water partition coefficient (Wildman–Crippen LogP) is 2.56. The lowest BCUT2D eigenvalue weighted by Gasteiger charge is -2.23. The summed E-state index contributed by atoms with van der Waals surface area (Å²) in [7, 11) is -4.11. The number of carbonyl (C=O) groups excluding carboxylic acids is 2. The van der Waals surface area contributed by atoms with E-state index in [9.17, 15) is 33.0 Å². The summed E-state index contributed by atoms with van der Waals surface area (Å²) < 4.78 is 27.1. The summed E-state index contributed by atoms with van der Waals surface area (Å²) in [5.41, 5.74) is 2.69. The summed E-state index contributed by atoms with van der Waals surface area (Å²) in [4.78, 5) is 41.1. The van der Waals surface area contributed by atoms with Crippen molar-refractivity contribution in [3.63, 3.8) is 0 Å². The summed E-state index contributed by atoms with van der Waals surface area (Å²) in [6.07, 6.45) is -0.199. The Bertz CT molecular complexity index is 1200. The Morgan fingerprint density at radius 3 is 2.34 bits per heavy atom. The van der Waals surface area contributed by atoms with Crippen molar-refractivity contribution in [2.75, 3.05) is 6.54 Å². The van der Waals surface area contributed by atoms with Gasteiger partial charge in [-0.15, -0.1) is 5.48 Å². The first-order valence-corrected chi connectivity index (χ1v) is 12.6. The molecule has 0 unspecified atom stereocenters. The van der Waals surface area contributed by atoms with E-state index in [1.54, 1.807) is 0 Å². The number of carboxylic acids is 1. The van der Waals surface area contributed by atoms with Crippen LogP contribution in [0.2, 0.25) is 10.0 Å². The summed E-state index contributed by atoms with van der Waals surface area (Å²) in [6, 6.07) is 7.23. The first kappa shape index (κ1) is 26.9. The standard InChI is InChI=1S/C22H22Cl2N2O8S/c23-14-9-15(24)11-17(10-14)35(32,33)26-7-1-2-19(26)20(28)12-21(29)34-25-18(22(30)31)8-13-3-5-16(27)6-4-13/h3-6,9-11,18-19,25,27H,1-2,7-8,12H2,(H,30,31)/t18-,19-/m0/s1. The Hall–Kier alpha value is -2.70. The van der Waals surface area contributed by atoms with Crippen molar-refractivity contribution in [3.05, 3.63) is 58.1 Å². The monoisotopic (exact) mass is 544 g/mol. The predicted molar refractivity (Wildman–Crippen MR) is 125 cm³/mol. The molecule has 13 heteroatoms. The molecule has 188 valence electrons. The largest absolute Gasteiger partial charge is 0.508 e. The second-order valence-corrected chi connectivity index (χ2v) is 10.6. The maximum Gasteiger partial charge on any atom is 0.332 e. The molecule has 1 saturated heterocycles. The molecule has 2 atom stereocenters. The number of benzene rings is 2. The Morgan fingerprint density at radius 1 is 1.11 bits per heavy atom. The molecule has 3 rings (SSSR count). The molecule has 0 spiro atoms. The van der Waals surface area contributed by atoms with Gasteiger partial charge in [-0.05, 0) is 48.7 Å². The number of hydrogen-bond acceptors (Lipinski definition) is 8. The molecule has 0 aliphatic carbocycles. The lowest BCUT2D eigenvalue weighted by Crippen LogP contribution is -2.43. The van der Waals surface area contributed by atoms with E-state index in [1.807, 2.05) is 0 Å². The van der Waals surface area contributed by atoms with Crippen molar-refractivity contribution in [2.24, 2.45) is 0 Å². The first-order valence-electron chi connectivity index (χ1n) is 10.4. The zero-order valence-corrected chi connectivity index (χ0v) is 20.5. The zero-order chi connectivity index (χ0) is 25.8. The number of phenols is 1. The summed E-state index contributed by atoms with van der Waals surface area (Å²) >= 11 is 11.8. The fraction of sp³-hybridized carbons (Fsp3) is 0.318. The Balaban J connectivity index is 1.62. The third kappa shape index (κ3) is 6.92. The number of nitrogens with one attached hydrogen (secondary N) is 1. The van der Waals surface area contributed by atoms with Crippen molar-refractivity contribution >= 4 is 50.9 Å². The van der Waals surface area contributed by atoms with E-state index < -0.39 is 46.2 Å². The quantitative estimate of drug-likeness (QED) is 0.302. The van der Waals surface area contributed by atoms with Crippen LogP contribution in [0, 0.1) is 0 Å². The van der Waals surface area contributed by atoms with Crippen LogP contribution in [0.15, 0.2) is 47.4 Å². The van der Waals surface area contributed by atoms with Crippen molar-refractivity contribution in [3.8, 4) is 5.75 Å².